The van der Waals surface area contributed by atoms with Crippen molar-refractivity contribution in [3.63, 3.8) is 0 Å². The molecule has 5 heteroatoms. The van der Waals surface area contributed by atoms with Crippen LogP contribution < -0.4 is 15.5 Å². The first-order chi connectivity index (χ1) is 14.0. The molecule has 1 aliphatic heterocycles. The first-order valence-corrected chi connectivity index (χ1v) is 11.5. The van der Waals surface area contributed by atoms with E-state index in [-0.39, 0.29) is 23.8 Å². The lowest BCUT2D eigenvalue weighted by Gasteiger charge is -2.31. The van der Waals surface area contributed by atoms with Crippen LogP contribution in [0, 0.1) is 5.92 Å². The van der Waals surface area contributed by atoms with Gasteiger partial charge in [-0.15, -0.1) is 0 Å². The minimum Gasteiger partial charge on any atom is -0.371 e. The van der Waals surface area contributed by atoms with Crippen molar-refractivity contribution in [3.8, 4) is 0 Å². The van der Waals surface area contributed by atoms with Gasteiger partial charge in [0, 0.05) is 36.4 Å². The molecule has 1 aliphatic rings. The average Bonchev–Trinajstić information content (AvgIpc) is 2.74. The molecule has 5 nitrogen and oxygen atoms in total. The van der Waals surface area contributed by atoms with Crippen molar-refractivity contribution < 1.29 is 9.59 Å². The van der Waals surface area contributed by atoms with Crippen LogP contribution in [0.2, 0.25) is 0 Å². The Balaban J connectivity index is 2.24. The van der Waals surface area contributed by atoms with E-state index in [1.807, 2.05) is 25.1 Å². The van der Waals surface area contributed by atoms with E-state index in [9.17, 15) is 9.59 Å². The fourth-order valence-corrected chi connectivity index (χ4v) is 3.83. The second-order valence-electron chi connectivity index (χ2n) is 8.30. The Labute approximate surface area is 176 Å². The molecule has 162 valence electrons. The number of carbonyl (C=O) groups excluding carboxylic acids is 2. The summed E-state index contributed by atoms with van der Waals surface area (Å²) in [6.07, 6.45) is 8.33. The Morgan fingerprint density at radius 1 is 1.07 bits per heavy atom. The maximum atomic E-state index is 13.0. The molecule has 1 heterocycles. The standard InChI is InChI=1S/C24H39N3O2/c1-5-8-12-19(7-3)23(28)26-20-13-14-22(27-15-10-9-11-16-27)21(17-20)24(29)25-18(4)6-2/h13-14,17-19H,5-12,15-16H2,1-4H3,(H,25,29)(H,26,28)/t18-,19-/m0/s1. The molecule has 1 fully saturated rings. The van der Waals surface area contributed by atoms with Crippen LogP contribution >= 0.6 is 0 Å². The van der Waals surface area contributed by atoms with Crippen molar-refractivity contribution in [1.82, 2.24) is 5.32 Å². The van der Waals surface area contributed by atoms with Gasteiger partial charge in [-0.05, 0) is 63.6 Å². The number of amides is 2. The maximum absolute atomic E-state index is 13.0. The molecule has 0 spiro atoms. The van der Waals surface area contributed by atoms with Gasteiger partial charge < -0.3 is 15.5 Å². The quantitative estimate of drug-likeness (QED) is 0.555. The number of hydrogen-bond donors (Lipinski definition) is 2. The van der Waals surface area contributed by atoms with E-state index in [1.165, 1.54) is 6.42 Å². The molecule has 0 radical (unpaired) electrons. The number of carbonyl (C=O) groups is 2. The molecule has 1 aromatic carbocycles. The van der Waals surface area contributed by atoms with E-state index in [0.29, 0.717) is 11.3 Å². The second kappa shape index (κ2) is 11.8. The van der Waals surface area contributed by atoms with Crippen molar-refractivity contribution in [2.24, 2.45) is 5.92 Å². The van der Waals surface area contributed by atoms with Crippen LogP contribution in [-0.2, 0) is 4.79 Å². The van der Waals surface area contributed by atoms with Crippen LogP contribution in [0.5, 0.6) is 0 Å². The highest BCUT2D eigenvalue weighted by atomic mass is 16.2. The van der Waals surface area contributed by atoms with Gasteiger partial charge in [0.1, 0.15) is 0 Å². The van der Waals surface area contributed by atoms with E-state index in [1.54, 1.807) is 0 Å². The van der Waals surface area contributed by atoms with Crippen molar-refractivity contribution >= 4 is 23.2 Å². The fraction of sp³-hybridized carbons (Fsp3) is 0.667. The summed E-state index contributed by atoms with van der Waals surface area (Å²) in [5.41, 5.74) is 2.34. The molecule has 29 heavy (non-hydrogen) atoms. The predicted molar refractivity (Wildman–Crippen MR) is 122 cm³/mol. The normalized spacial score (nSPS) is 16.2. The van der Waals surface area contributed by atoms with Gasteiger partial charge in [0.15, 0.2) is 0 Å². The van der Waals surface area contributed by atoms with Crippen molar-refractivity contribution in [2.45, 2.75) is 85.1 Å². The molecule has 0 aliphatic carbocycles. The molecule has 2 atom stereocenters. The summed E-state index contributed by atoms with van der Waals surface area (Å²) < 4.78 is 0. The van der Waals surface area contributed by atoms with Gasteiger partial charge in [0.05, 0.1) is 5.56 Å². The SMILES string of the molecule is CCCC[C@H](CC)C(=O)Nc1ccc(N2CCCCC2)c(C(=O)N[C@@H](C)CC)c1. The summed E-state index contributed by atoms with van der Waals surface area (Å²) in [5, 5.41) is 6.15. The van der Waals surface area contributed by atoms with Gasteiger partial charge in [0.2, 0.25) is 5.91 Å². The monoisotopic (exact) mass is 401 g/mol. The summed E-state index contributed by atoms with van der Waals surface area (Å²) >= 11 is 0. The van der Waals surface area contributed by atoms with Crippen LogP contribution in [0.1, 0.15) is 89.4 Å². The molecule has 0 unspecified atom stereocenters. The van der Waals surface area contributed by atoms with E-state index in [0.717, 1.165) is 63.7 Å². The zero-order valence-corrected chi connectivity index (χ0v) is 18.7. The molecule has 0 saturated carbocycles. The second-order valence-corrected chi connectivity index (χ2v) is 8.30. The number of nitrogens with one attached hydrogen (secondary N) is 2. The highest BCUT2D eigenvalue weighted by Crippen LogP contribution is 2.28. The lowest BCUT2D eigenvalue weighted by molar-refractivity contribution is -0.120. The van der Waals surface area contributed by atoms with Crippen molar-refractivity contribution in [2.75, 3.05) is 23.3 Å². The summed E-state index contributed by atoms with van der Waals surface area (Å²) in [7, 11) is 0. The Kier molecular flexibility index (Phi) is 9.49. The van der Waals surface area contributed by atoms with Gasteiger partial charge in [-0.1, -0.05) is 33.6 Å². The molecule has 2 rings (SSSR count). The van der Waals surface area contributed by atoms with Crippen molar-refractivity contribution in [3.05, 3.63) is 23.8 Å². The topological polar surface area (TPSA) is 61.4 Å². The van der Waals surface area contributed by atoms with Crippen LogP contribution in [0.3, 0.4) is 0 Å². The Morgan fingerprint density at radius 2 is 1.79 bits per heavy atom. The zero-order chi connectivity index (χ0) is 21.2. The third-order valence-electron chi connectivity index (χ3n) is 5.97. The molecule has 1 aromatic rings. The summed E-state index contributed by atoms with van der Waals surface area (Å²) in [6, 6.07) is 5.91. The Bertz CT molecular complexity index is 668. The minimum atomic E-state index is -0.0611. The lowest BCUT2D eigenvalue weighted by Crippen LogP contribution is -2.35. The number of rotatable bonds is 10. The number of hydrogen-bond acceptors (Lipinski definition) is 3. The Morgan fingerprint density at radius 3 is 2.41 bits per heavy atom. The largest absolute Gasteiger partial charge is 0.371 e. The van der Waals surface area contributed by atoms with E-state index < -0.39 is 0 Å². The molecule has 0 aromatic heterocycles. The number of anilines is 2. The van der Waals surface area contributed by atoms with E-state index >= 15 is 0 Å². The molecule has 2 N–H and O–H groups in total. The molecule has 2 amide bonds. The lowest BCUT2D eigenvalue weighted by atomic mass is 9.98. The predicted octanol–water partition coefficient (Wildman–Crippen LogP) is 5.36. The number of nitrogens with zero attached hydrogens (tertiary/aromatic N) is 1. The van der Waals surface area contributed by atoms with Crippen LogP contribution in [0.15, 0.2) is 18.2 Å². The number of benzene rings is 1. The minimum absolute atomic E-state index is 0.0223. The summed E-state index contributed by atoms with van der Waals surface area (Å²) in [6.45, 7) is 10.2. The van der Waals surface area contributed by atoms with E-state index in [2.05, 4.69) is 36.3 Å². The zero-order valence-electron chi connectivity index (χ0n) is 18.7. The van der Waals surface area contributed by atoms with Crippen LogP contribution in [0.25, 0.3) is 0 Å². The van der Waals surface area contributed by atoms with Gasteiger partial charge in [-0.2, -0.15) is 0 Å². The maximum Gasteiger partial charge on any atom is 0.253 e. The fourth-order valence-electron chi connectivity index (χ4n) is 3.83. The third kappa shape index (κ3) is 6.76. The summed E-state index contributed by atoms with van der Waals surface area (Å²) in [5.74, 6) is 0.0168. The van der Waals surface area contributed by atoms with Crippen molar-refractivity contribution in [1.29, 1.82) is 0 Å². The highest BCUT2D eigenvalue weighted by Gasteiger charge is 2.21. The first kappa shape index (κ1) is 23.2. The smallest absolute Gasteiger partial charge is 0.253 e. The number of piperidine rings is 1. The van der Waals surface area contributed by atoms with Crippen LogP contribution in [0.4, 0.5) is 11.4 Å². The van der Waals surface area contributed by atoms with Gasteiger partial charge in [0.25, 0.3) is 5.91 Å². The van der Waals surface area contributed by atoms with Gasteiger partial charge >= 0.3 is 0 Å². The number of unbranched alkanes of at least 4 members (excludes halogenated alkanes) is 1. The first-order valence-electron chi connectivity index (χ1n) is 11.5. The van der Waals surface area contributed by atoms with Gasteiger partial charge in [-0.25, -0.2) is 0 Å². The Hall–Kier alpha value is -2.04. The molecule has 0 bridgehead atoms. The van der Waals surface area contributed by atoms with Gasteiger partial charge in [-0.3, -0.25) is 9.59 Å². The van der Waals surface area contributed by atoms with Crippen LogP contribution in [-0.4, -0.2) is 30.9 Å². The molecule has 1 saturated heterocycles. The third-order valence-corrected chi connectivity index (χ3v) is 5.97. The molecular weight excluding hydrogens is 362 g/mol. The molecular formula is C24H39N3O2. The van der Waals surface area contributed by atoms with E-state index in [4.69, 9.17) is 0 Å². The average molecular weight is 402 g/mol. The highest BCUT2D eigenvalue weighted by molar-refractivity contribution is 6.02. The summed E-state index contributed by atoms with van der Waals surface area (Å²) in [4.78, 5) is 28.0.